The minimum Gasteiger partial charge on any atom is -0.457 e. The molecule has 3 aromatic rings. The van der Waals surface area contributed by atoms with Crippen LogP contribution in [-0.2, 0) is 16.0 Å². The van der Waals surface area contributed by atoms with Crippen molar-refractivity contribution in [2.75, 3.05) is 6.61 Å². The third-order valence-corrected chi connectivity index (χ3v) is 4.86. The molecule has 0 N–H and O–H groups in total. The zero-order valence-corrected chi connectivity index (χ0v) is 16.8. The summed E-state index contributed by atoms with van der Waals surface area (Å²) < 4.78 is 12.2. The van der Waals surface area contributed by atoms with E-state index in [1.165, 1.54) is 5.56 Å². The first-order chi connectivity index (χ1) is 13.3. The summed E-state index contributed by atoms with van der Waals surface area (Å²) >= 11 is 0. The van der Waals surface area contributed by atoms with Crippen LogP contribution in [0.3, 0.4) is 0 Å². The highest BCUT2D eigenvalue weighted by atomic mass is 16.5. The predicted octanol–water partition coefficient (Wildman–Crippen LogP) is 3.98. The van der Waals surface area contributed by atoms with Crippen molar-refractivity contribution in [3.8, 4) is 5.82 Å². The molecule has 3 rings (SSSR count). The molecule has 146 valence electrons. The van der Waals surface area contributed by atoms with E-state index in [-0.39, 0.29) is 18.8 Å². The Labute approximate surface area is 164 Å². The number of benzene rings is 1. The maximum absolute atomic E-state index is 12.6. The second kappa shape index (κ2) is 7.84. The lowest BCUT2D eigenvalue weighted by atomic mass is 10.0. The number of aryl methyl sites for hydroxylation is 4. The van der Waals surface area contributed by atoms with Crippen LogP contribution in [0.2, 0.25) is 0 Å². The first-order valence-electron chi connectivity index (χ1n) is 9.14. The quantitative estimate of drug-likeness (QED) is 0.478. The summed E-state index contributed by atoms with van der Waals surface area (Å²) in [6, 6.07) is 9.42. The molecule has 0 fully saturated rings. The van der Waals surface area contributed by atoms with Crippen molar-refractivity contribution in [2.45, 2.75) is 41.0 Å². The van der Waals surface area contributed by atoms with E-state index in [4.69, 9.17) is 9.26 Å². The number of Topliss-reactive ketones (excluding diaryl/α,β-unsaturated/α-hetero) is 1. The monoisotopic (exact) mass is 380 g/mol. The molecule has 2 aromatic heterocycles. The molecule has 28 heavy (non-hydrogen) atoms. The van der Waals surface area contributed by atoms with E-state index in [2.05, 4.69) is 5.16 Å². The molecule has 0 unspecified atom stereocenters. The summed E-state index contributed by atoms with van der Waals surface area (Å²) in [6.45, 7) is 9.27. The number of hydrogen-bond donors (Lipinski definition) is 0. The minimum atomic E-state index is -0.419. The fourth-order valence-corrected chi connectivity index (χ4v) is 3.21. The van der Waals surface area contributed by atoms with Crippen LogP contribution in [0.1, 0.15) is 44.2 Å². The van der Waals surface area contributed by atoms with Gasteiger partial charge in [0.05, 0.1) is 6.42 Å². The molecule has 0 bridgehead atoms. The topological polar surface area (TPSA) is 74.3 Å². The smallest absolute Gasteiger partial charge is 0.310 e. The normalized spacial score (nSPS) is 10.9. The molecule has 0 radical (unpaired) electrons. The van der Waals surface area contributed by atoms with Crippen molar-refractivity contribution >= 4 is 11.8 Å². The van der Waals surface area contributed by atoms with Crippen LogP contribution < -0.4 is 0 Å². The largest absolute Gasteiger partial charge is 0.457 e. The Balaban J connectivity index is 1.66. The van der Waals surface area contributed by atoms with E-state index in [0.717, 1.165) is 22.5 Å². The summed E-state index contributed by atoms with van der Waals surface area (Å²) in [4.78, 5) is 24.7. The summed E-state index contributed by atoms with van der Waals surface area (Å²) in [5, 5.41) is 4.01. The molecule has 0 aliphatic heterocycles. The average molecular weight is 380 g/mol. The molecular formula is C22H24N2O4. The first-order valence-corrected chi connectivity index (χ1v) is 9.14. The van der Waals surface area contributed by atoms with Gasteiger partial charge in [0.2, 0.25) is 5.78 Å². The number of carbonyl (C=O) groups is 2. The molecule has 0 amide bonds. The van der Waals surface area contributed by atoms with Crippen molar-refractivity contribution in [1.29, 1.82) is 0 Å². The van der Waals surface area contributed by atoms with Crippen LogP contribution in [-0.4, -0.2) is 28.1 Å². The van der Waals surface area contributed by atoms with Gasteiger partial charge in [0, 0.05) is 23.0 Å². The Bertz CT molecular complexity index is 1040. The van der Waals surface area contributed by atoms with Crippen molar-refractivity contribution in [3.05, 3.63) is 69.7 Å². The number of hydrogen-bond acceptors (Lipinski definition) is 5. The van der Waals surface area contributed by atoms with E-state index in [1.807, 2.05) is 57.4 Å². The van der Waals surface area contributed by atoms with Gasteiger partial charge in [-0.3, -0.25) is 14.2 Å². The molecule has 6 heteroatoms. The van der Waals surface area contributed by atoms with Gasteiger partial charge in [-0.15, -0.1) is 0 Å². The average Bonchev–Trinajstić information content (AvgIpc) is 3.18. The van der Waals surface area contributed by atoms with Gasteiger partial charge in [0.25, 0.3) is 0 Å². The predicted molar refractivity (Wildman–Crippen MR) is 105 cm³/mol. The van der Waals surface area contributed by atoms with Crippen LogP contribution in [0.25, 0.3) is 5.82 Å². The highest BCUT2D eigenvalue weighted by Gasteiger charge is 2.19. The van der Waals surface area contributed by atoms with Gasteiger partial charge >= 0.3 is 5.97 Å². The maximum atomic E-state index is 12.6. The number of nitrogens with zero attached hydrogens (tertiary/aromatic N) is 2. The van der Waals surface area contributed by atoms with Crippen LogP contribution >= 0.6 is 0 Å². The third kappa shape index (κ3) is 4.06. The second-order valence-electron chi connectivity index (χ2n) is 7.10. The van der Waals surface area contributed by atoms with Crippen molar-refractivity contribution in [2.24, 2.45) is 0 Å². The highest BCUT2D eigenvalue weighted by Crippen LogP contribution is 2.21. The SMILES string of the molecule is Cc1cc(-n2c(C)cc(C(=O)COC(=O)Cc3ccc(C)c(C)c3)c2C)no1. The van der Waals surface area contributed by atoms with Crippen molar-refractivity contribution < 1.29 is 18.8 Å². The van der Waals surface area contributed by atoms with Crippen LogP contribution in [0.4, 0.5) is 0 Å². The van der Waals surface area contributed by atoms with Crippen molar-refractivity contribution in [3.63, 3.8) is 0 Å². The van der Waals surface area contributed by atoms with E-state index >= 15 is 0 Å². The number of ketones is 1. The molecular weight excluding hydrogens is 356 g/mol. The van der Waals surface area contributed by atoms with E-state index < -0.39 is 5.97 Å². The highest BCUT2D eigenvalue weighted by molar-refractivity contribution is 5.99. The van der Waals surface area contributed by atoms with Gasteiger partial charge < -0.3 is 9.26 Å². The lowest BCUT2D eigenvalue weighted by Crippen LogP contribution is -2.16. The minimum absolute atomic E-state index is 0.144. The molecule has 0 spiro atoms. The molecule has 1 aromatic carbocycles. The van der Waals surface area contributed by atoms with E-state index in [1.54, 1.807) is 12.1 Å². The number of carbonyl (C=O) groups excluding carboxylic acids is 2. The van der Waals surface area contributed by atoms with Crippen LogP contribution in [0.5, 0.6) is 0 Å². The Hall–Kier alpha value is -3.15. The molecule has 0 aliphatic carbocycles. The number of esters is 1. The van der Waals surface area contributed by atoms with Gasteiger partial charge in [-0.05, 0) is 57.4 Å². The number of aromatic nitrogens is 2. The number of rotatable bonds is 6. The van der Waals surface area contributed by atoms with Crippen molar-refractivity contribution in [1.82, 2.24) is 9.72 Å². The fraction of sp³-hybridized carbons (Fsp3) is 0.318. The fourth-order valence-electron chi connectivity index (χ4n) is 3.21. The van der Waals surface area contributed by atoms with E-state index in [9.17, 15) is 9.59 Å². The van der Waals surface area contributed by atoms with Gasteiger partial charge in [-0.2, -0.15) is 0 Å². The second-order valence-corrected chi connectivity index (χ2v) is 7.10. The lowest BCUT2D eigenvalue weighted by Gasteiger charge is -2.07. The van der Waals surface area contributed by atoms with Crippen LogP contribution in [0, 0.1) is 34.6 Å². The van der Waals surface area contributed by atoms with Gasteiger partial charge in [0.1, 0.15) is 5.76 Å². The third-order valence-electron chi connectivity index (χ3n) is 4.86. The zero-order chi connectivity index (χ0) is 20.4. The Morgan fingerprint density at radius 3 is 2.43 bits per heavy atom. The summed E-state index contributed by atoms with van der Waals surface area (Å²) in [5.74, 6) is 0.652. The Kier molecular flexibility index (Phi) is 5.49. The van der Waals surface area contributed by atoms with E-state index in [0.29, 0.717) is 17.1 Å². The molecule has 2 heterocycles. The summed E-state index contributed by atoms with van der Waals surface area (Å²) in [7, 11) is 0. The molecule has 0 aliphatic rings. The van der Waals surface area contributed by atoms with Gasteiger partial charge in [0.15, 0.2) is 12.4 Å². The lowest BCUT2D eigenvalue weighted by molar-refractivity contribution is -0.141. The maximum Gasteiger partial charge on any atom is 0.310 e. The summed E-state index contributed by atoms with van der Waals surface area (Å²) in [5.41, 5.74) is 5.27. The first kappa shape index (κ1) is 19.6. The van der Waals surface area contributed by atoms with Crippen LogP contribution in [0.15, 0.2) is 34.9 Å². The zero-order valence-electron chi connectivity index (χ0n) is 16.8. The standard InChI is InChI=1S/C22H24N2O4/c1-13-6-7-18(8-14(13)2)11-22(26)27-12-20(25)19-9-15(3)24(17(19)5)21-10-16(4)28-23-21/h6-10H,11-12H2,1-5H3. The Morgan fingerprint density at radius 1 is 1.04 bits per heavy atom. The molecule has 0 saturated carbocycles. The Morgan fingerprint density at radius 2 is 1.79 bits per heavy atom. The van der Waals surface area contributed by atoms with Gasteiger partial charge in [-0.25, -0.2) is 0 Å². The molecule has 0 saturated heterocycles. The van der Waals surface area contributed by atoms with Gasteiger partial charge in [-0.1, -0.05) is 23.4 Å². The molecule has 6 nitrogen and oxygen atoms in total. The number of ether oxygens (including phenoxy) is 1. The summed E-state index contributed by atoms with van der Waals surface area (Å²) in [6.07, 6.45) is 0.144. The molecule has 0 atom stereocenters.